The van der Waals surface area contributed by atoms with E-state index in [-0.39, 0.29) is 19.1 Å². The number of carbonyl (C=O) groups excluding carboxylic acids is 1. The zero-order valence-electron chi connectivity index (χ0n) is 9.57. The van der Waals surface area contributed by atoms with Gasteiger partial charge in [0.1, 0.15) is 5.15 Å². The molecule has 0 saturated carbocycles. The van der Waals surface area contributed by atoms with Crippen molar-refractivity contribution in [2.24, 2.45) is 0 Å². The Morgan fingerprint density at radius 3 is 2.94 bits per heavy atom. The van der Waals surface area contributed by atoms with Crippen LogP contribution in [0.4, 0.5) is 0 Å². The number of hydrogen-bond acceptors (Lipinski definition) is 4. The summed E-state index contributed by atoms with van der Waals surface area (Å²) in [6.45, 7) is 2.78. The number of rotatable bonds is 6. The topological polar surface area (TPSA) is 71.5 Å². The van der Waals surface area contributed by atoms with Crippen molar-refractivity contribution >= 4 is 17.5 Å². The summed E-state index contributed by atoms with van der Waals surface area (Å²) in [6.07, 6.45) is 0. The molecule has 0 unspecified atom stereocenters. The van der Waals surface area contributed by atoms with E-state index in [0.29, 0.717) is 29.6 Å². The lowest BCUT2D eigenvalue weighted by atomic mass is 10.2. The number of halogens is 1. The van der Waals surface area contributed by atoms with Gasteiger partial charge in [0.25, 0.3) is 5.91 Å². The first-order valence-electron chi connectivity index (χ1n) is 5.24. The van der Waals surface area contributed by atoms with Crippen molar-refractivity contribution in [2.45, 2.75) is 6.92 Å². The third kappa shape index (κ3) is 5.12. The van der Waals surface area contributed by atoms with Gasteiger partial charge < -0.3 is 15.2 Å². The molecule has 1 heterocycles. The standard InChI is InChI=1S/C11H15ClN2O3/c1-8-6-9(7-10(12)14-8)11(16)13-2-4-17-5-3-15/h6-7,15H,2-5H2,1H3,(H,13,16). The molecule has 94 valence electrons. The van der Waals surface area contributed by atoms with Crippen LogP contribution in [0.3, 0.4) is 0 Å². The van der Waals surface area contributed by atoms with Crippen molar-refractivity contribution in [3.8, 4) is 0 Å². The fourth-order valence-electron chi connectivity index (χ4n) is 1.26. The van der Waals surface area contributed by atoms with E-state index in [1.54, 1.807) is 13.0 Å². The molecule has 1 aromatic rings. The molecule has 0 bridgehead atoms. The van der Waals surface area contributed by atoms with Crippen LogP contribution >= 0.6 is 11.6 Å². The Balaban J connectivity index is 2.41. The zero-order chi connectivity index (χ0) is 12.7. The van der Waals surface area contributed by atoms with E-state index in [2.05, 4.69) is 10.3 Å². The number of hydrogen-bond donors (Lipinski definition) is 2. The van der Waals surface area contributed by atoms with Crippen molar-refractivity contribution in [2.75, 3.05) is 26.4 Å². The van der Waals surface area contributed by atoms with Crippen molar-refractivity contribution in [1.82, 2.24) is 10.3 Å². The maximum atomic E-state index is 11.7. The molecule has 0 fully saturated rings. The fourth-order valence-corrected chi connectivity index (χ4v) is 1.52. The summed E-state index contributed by atoms with van der Waals surface area (Å²) in [7, 11) is 0. The largest absolute Gasteiger partial charge is 0.394 e. The van der Waals surface area contributed by atoms with Crippen molar-refractivity contribution in [3.05, 3.63) is 28.5 Å². The summed E-state index contributed by atoms with van der Waals surface area (Å²) >= 11 is 5.75. The van der Waals surface area contributed by atoms with Crippen LogP contribution in [0.25, 0.3) is 0 Å². The number of aryl methyl sites for hydroxylation is 1. The minimum atomic E-state index is -0.218. The Hall–Kier alpha value is -1.17. The molecule has 5 nitrogen and oxygen atoms in total. The van der Waals surface area contributed by atoms with Gasteiger partial charge in [0.2, 0.25) is 0 Å². The van der Waals surface area contributed by atoms with Gasteiger partial charge in [-0.3, -0.25) is 4.79 Å². The number of aliphatic hydroxyl groups excluding tert-OH is 1. The quantitative estimate of drug-likeness (QED) is 0.584. The normalized spacial score (nSPS) is 10.3. The molecule has 2 N–H and O–H groups in total. The second kappa shape index (κ2) is 7.21. The van der Waals surface area contributed by atoms with Crippen LogP contribution in [0.2, 0.25) is 5.15 Å². The van der Waals surface area contributed by atoms with Crippen LogP contribution in [0.1, 0.15) is 16.1 Å². The third-order valence-corrected chi connectivity index (χ3v) is 2.15. The third-order valence-electron chi connectivity index (χ3n) is 1.95. The van der Waals surface area contributed by atoms with E-state index in [0.717, 1.165) is 0 Å². The Labute approximate surface area is 105 Å². The van der Waals surface area contributed by atoms with E-state index in [9.17, 15) is 4.79 Å². The molecule has 1 rings (SSSR count). The first kappa shape index (κ1) is 13.9. The number of ether oxygens (including phenoxy) is 1. The maximum Gasteiger partial charge on any atom is 0.251 e. The number of aromatic nitrogens is 1. The molecule has 0 aliphatic rings. The van der Waals surface area contributed by atoms with Gasteiger partial charge in [-0.1, -0.05) is 11.6 Å². The van der Waals surface area contributed by atoms with E-state index < -0.39 is 0 Å². The van der Waals surface area contributed by atoms with Crippen LogP contribution in [-0.2, 0) is 4.74 Å². The van der Waals surface area contributed by atoms with E-state index in [1.807, 2.05) is 0 Å². The highest BCUT2D eigenvalue weighted by Gasteiger charge is 2.07. The number of pyridine rings is 1. The Morgan fingerprint density at radius 2 is 2.29 bits per heavy atom. The number of nitrogens with zero attached hydrogens (tertiary/aromatic N) is 1. The van der Waals surface area contributed by atoms with Gasteiger partial charge in [-0.05, 0) is 19.1 Å². The van der Waals surface area contributed by atoms with E-state index in [4.69, 9.17) is 21.4 Å². The molecule has 0 radical (unpaired) electrons. The average Bonchev–Trinajstić information content (AvgIpc) is 2.27. The van der Waals surface area contributed by atoms with Gasteiger partial charge in [-0.25, -0.2) is 4.98 Å². The van der Waals surface area contributed by atoms with Crippen LogP contribution < -0.4 is 5.32 Å². The highest BCUT2D eigenvalue weighted by molar-refractivity contribution is 6.29. The van der Waals surface area contributed by atoms with Gasteiger partial charge in [-0.15, -0.1) is 0 Å². The molecule has 1 aromatic heterocycles. The smallest absolute Gasteiger partial charge is 0.251 e. The molecular formula is C11H15ClN2O3. The summed E-state index contributed by atoms with van der Waals surface area (Å²) in [5.41, 5.74) is 1.17. The van der Waals surface area contributed by atoms with Crippen molar-refractivity contribution < 1.29 is 14.6 Å². The van der Waals surface area contributed by atoms with Gasteiger partial charge in [0.15, 0.2) is 0 Å². The van der Waals surface area contributed by atoms with Gasteiger partial charge in [-0.2, -0.15) is 0 Å². The Kier molecular flexibility index (Phi) is 5.90. The lowest BCUT2D eigenvalue weighted by Gasteiger charge is -2.06. The zero-order valence-corrected chi connectivity index (χ0v) is 10.3. The minimum absolute atomic E-state index is 0.0207. The lowest BCUT2D eigenvalue weighted by molar-refractivity contribution is 0.0838. The predicted octanol–water partition coefficient (Wildman–Crippen LogP) is 0.782. The fraction of sp³-hybridized carbons (Fsp3) is 0.455. The Morgan fingerprint density at radius 1 is 1.53 bits per heavy atom. The molecule has 0 spiro atoms. The molecule has 0 aromatic carbocycles. The first-order valence-corrected chi connectivity index (χ1v) is 5.62. The minimum Gasteiger partial charge on any atom is -0.394 e. The second-order valence-electron chi connectivity index (χ2n) is 3.41. The van der Waals surface area contributed by atoms with Crippen LogP contribution in [0, 0.1) is 6.92 Å². The SMILES string of the molecule is Cc1cc(C(=O)NCCOCCO)cc(Cl)n1. The molecule has 0 saturated heterocycles. The molecular weight excluding hydrogens is 244 g/mol. The van der Waals surface area contributed by atoms with E-state index >= 15 is 0 Å². The summed E-state index contributed by atoms with van der Waals surface area (Å²) in [5.74, 6) is -0.218. The second-order valence-corrected chi connectivity index (χ2v) is 3.80. The van der Waals surface area contributed by atoms with Gasteiger partial charge in [0, 0.05) is 17.8 Å². The lowest BCUT2D eigenvalue weighted by Crippen LogP contribution is -2.27. The van der Waals surface area contributed by atoms with Gasteiger partial charge >= 0.3 is 0 Å². The van der Waals surface area contributed by atoms with Gasteiger partial charge in [0.05, 0.1) is 19.8 Å². The van der Waals surface area contributed by atoms with Crippen molar-refractivity contribution in [3.63, 3.8) is 0 Å². The van der Waals surface area contributed by atoms with Crippen LogP contribution in [0.5, 0.6) is 0 Å². The maximum absolute atomic E-state index is 11.7. The molecule has 1 amide bonds. The predicted molar refractivity (Wildman–Crippen MR) is 64.2 cm³/mol. The first-order chi connectivity index (χ1) is 8.13. The summed E-state index contributed by atoms with van der Waals surface area (Å²) in [6, 6.07) is 3.17. The number of nitrogens with one attached hydrogen (secondary N) is 1. The molecule has 0 aliphatic carbocycles. The van der Waals surface area contributed by atoms with E-state index in [1.165, 1.54) is 6.07 Å². The van der Waals surface area contributed by atoms with Crippen LogP contribution in [-0.4, -0.2) is 42.4 Å². The molecule has 6 heteroatoms. The number of amides is 1. The highest BCUT2D eigenvalue weighted by Crippen LogP contribution is 2.09. The summed E-state index contributed by atoms with van der Waals surface area (Å²) in [4.78, 5) is 15.6. The highest BCUT2D eigenvalue weighted by atomic mass is 35.5. The number of aliphatic hydroxyl groups is 1. The Bertz CT molecular complexity index is 365. The summed E-state index contributed by atoms with van der Waals surface area (Å²) < 4.78 is 5.01. The molecule has 0 atom stereocenters. The number of carbonyl (C=O) groups is 1. The average molecular weight is 259 g/mol. The monoisotopic (exact) mass is 258 g/mol. The van der Waals surface area contributed by atoms with Crippen molar-refractivity contribution in [1.29, 1.82) is 0 Å². The van der Waals surface area contributed by atoms with Crippen LogP contribution in [0.15, 0.2) is 12.1 Å². The molecule has 17 heavy (non-hydrogen) atoms. The molecule has 0 aliphatic heterocycles. The summed E-state index contributed by atoms with van der Waals surface area (Å²) in [5, 5.41) is 11.5.